The molecule has 3 aromatic carbocycles. The number of carbonyl (C=O) groups excluding carboxylic acids is 4. The van der Waals surface area contributed by atoms with E-state index in [0.29, 0.717) is 65.9 Å². The molecule has 61 heavy (non-hydrogen) atoms. The highest BCUT2D eigenvalue weighted by molar-refractivity contribution is 6.31. The molecule has 0 spiro atoms. The number of piperidine rings is 1. The monoisotopic (exact) mass is 871 g/mol. The number of amides is 4. The molecular formula is C46H55Cl2N7O6. The first-order valence-electron chi connectivity index (χ1n) is 20.6. The molecular weight excluding hydrogens is 817 g/mol. The lowest BCUT2D eigenvalue weighted by atomic mass is 9.82. The number of carbonyl (C=O) groups is 4. The van der Waals surface area contributed by atoms with E-state index in [1.54, 1.807) is 42.2 Å². The molecule has 4 atom stereocenters. The summed E-state index contributed by atoms with van der Waals surface area (Å²) in [6, 6.07) is 17.5. The maximum Gasteiger partial charge on any atom is 0.245 e. The van der Waals surface area contributed by atoms with Crippen LogP contribution >= 0.6 is 23.2 Å². The summed E-state index contributed by atoms with van der Waals surface area (Å²) in [6.45, 7) is 3.97. The molecule has 13 nitrogen and oxygen atoms in total. The minimum absolute atomic E-state index is 0.0872. The summed E-state index contributed by atoms with van der Waals surface area (Å²) in [5.41, 5.74) is 2.44. The largest absolute Gasteiger partial charge is 0.457 e. The topological polar surface area (TPSA) is 149 Å². The molecule has 15 heteroatoms. The van der Waals surface area contributed by atoms with E-state index in [1.807, 2.05) is 82.8 Å². The van der Waals surface area contributed by atoms with E-state index >= 15 is 0 Å². The molecule has 0 radical (unpaired) electrons. The van der Waals surface area contributed by atoms with Crippen molar-refractivity contribution in [3.8, 4) is 22.8 Å². The number of benzene rings is 3. The molecule has 0 aliphatic carbocycles. The van der Waals surface area contributed by atoms with Crippen LogP contribution in [0.2, 0.25) is 10.0 Å². The number of rotatable bonds is 12. The van der Waals surface area contributed by atoms with Crippen LogP contribution in [0.25, 0.3) is 11.3 Å². The van der Waals surface area contributed by atoms with Gasteiger partial charge in [0.05, 0.1) is 43.0 Å². The summed E-state index contributed by atoms with van der Waals surface area (Å²) in [6.07, 6.45) is 7.20. The maximum absolute atomic E-state index is 14.6. The Morgan fingerprint density at radius 1 is 1.00 bits per heavy atom. The number of imidazole rings is 1. The van der Waals surface area contributed by atoms with Crippen LogP contribution in [0, 0.1) is 5.92 Å². The van der Waals surface area contributed by atoms with E-state index < -0.39 is 47.9 Å². The molecule has 3 N–H and O–H groups in total. The number of nitrogens with zero attached hydrogens (tertiary/aromatic N) is 5. The predicted octanol–water partition coefficient (Wildman–Crippen LogP) is 6.15. The van der Waals surface area contributed by atoms with Crippen molar-refractivity contribution < 1.29 is 29.0 Å². The van der Waals surface area contributed by atoms with Gasteiger partial charge in [-0.05, 0) is 108 Å². The number of ether oxygens (including phenoxy) is 1. The molecule has 2 aliphatic heterocycles. The summed E-state index contributed by atoms with van der Waals surface area (Å²) in [5.74, 6) is -0.820. The van der Waals surface area contributed by atoms with E-state index in [9.17, 15) is 24.3 Å². The van der Waals surface area contributed by atoms with Crippen molar-refractivity contribution in [1.82, 2.24) is 34.9 Å². The van der Waals surface area contributed by atoms with E-state index in [1.165, 1.54) is 4.90 Å². The first kappa shape index (κ1) is 45.3. The minimum Gasteiger partial charge on any atom is -0.457 e. The molecule has 2 bridgehead atoms. The van der Waals surface area contributed by atoms with Crippen LogP contribution in [0.5, 0.6) is 11.5 Å². The third-order valence-electron chi connectivity index (χ3n) is 11.4. The second-order valence-electron chi connectivity index (χ2n) is 16.3. The van der Waals surface area contributed by atoms with Crippen LogP contribution in [0.4, 0.5) is 0 Å². The second kappa shape index (κ2) is 20.1. The number of allylic oxidation sites excluding steroid dienone is 2. The van der Waals surface area contributed by atoms with Gasteiger partial charge in [-0.2, -0.15) is 0 Å². The van der Waals surface area contributed by atoms with Gasteiger partial charge in [-0.3, -0.25) is 19.2 Å². The number of hydrogen-bond donors (Lipinski definition) is 3. The van der Waals surface area contributed by atoms with Gasteiger partial charge in [0.15, 0.2) is 0 Å². The van der Waals surface area contributed by atoms with Gasteiger partial charge in [-0.1, -0.05) is 53.6 Å². The fraction of sp³-hybridized carbons (Fsp3) is 0.413. The Bertz CT molecular complexity index is 2230. The molecule has 2 saturated heterocycles. The molecule has 2 fully saturated rings. The van der Waals surface area contributed by atoms with Gasteiger partial charge in [0.2, 0.25) is 23.6 Å². The van der Waals surface area contributed by atoms with Gasteiger partial charge in [-0.15, -0.1) is 0 Å². The average molecular weight is 873 g/mol. The van der Waals surface area contributed by atoms with Crippen LogP contribution < -0.4 is 15.4 Å². The number of hydrogen-bond acceptors (Lipinski definition) is 8. The first-order valence-corrected chi connectivity index (χ1v) is 21.3. The summed E-state index contributed by atoms with van der Waals surface area (Å²) >= 11 is 12.7. The molecule has 0 saturated carbocycles. The number of aliphatic hydroxyl groups excluding tert-OH is 1. The summed E-state index contributed by atoms with van der Waals surface area (Å²) in [7, 11) is 5.97. The molecule has 4 aromatic rings. The third-order valence-corrected chi connectivity index (χ3v) is 11.9. The van der Waals surface area contributed by atoms with Crippen LogP contribution in [0.3, 0.4) is 0 Å². The van der Waals surface area contributed by atoms with Gasteiger partial charge in [0, 0.05) is 47.7 Å². The number of nitrogens with one attached hydrogen (secondary N) is 2. The lowest BCUT2D eigenvalue weighted by Crippen LogP contribution is -2.65. The zero-order valence-corrected chi connectivity index (χ0v) is 36.9. The fourth-order valence-electron chi connectivity index (χ4n) is 8.08. The van der Waals surface area contributed by atoms with Gasteiger partial charge in [0.25, 0.3) is 0 Å². The Hall–Kier alpha value is -5.21. The van der Waals surface area contributed by atoms with Crippen molar-refractivity contribution in [2.24, 2.45) is 13.0 Å². The standard InChI is InChI=1S/C46H55Cl2N7O6/c1-6-7-9-33-22-42(57)55(26-34-12-17-36(48)23-40(34)61-37-18-13-32(14-19-37)39-25-49-41(53(39)5)27-52(3)4)30(2)43(58)50-38(28-56)44(59)51-46(20-8-21-54(29-46)45(33)60)24-31-10-15-35(47)16-11-31/h6-7,10-19,23,25,30,33,38,56H,8-9,20-22,24,26-29H2,1-5H3,(H,50,58)(H,51,59)/b7-6+/t30-,33?,38-,46+/m0/s1. The van der Waals surface area contributed by atoms with Gasteiger partial charge in [-0.25, -0.2) is 4.98 Å². The van der Waals surface area contributed by atoms with Crippen molar-refractivity contribution in [3.63, 3.8) is 0 Å². The Balaban J connectivity index is 1.30. The number of aliphatic hydroxyl groups is 1. The highest BCUT2D eigenvalue weighted by Gasteiger charge is 2.43. The molecule has 2 aliphatic rings. The van der Waals surface area contributed by atoms with Crippen molar-refractivity contribution in [3.05, 3.63) is 112 Å². The van der Waals surface area contributed by atoms with Crippen molar-refractivity contribution in [2.75, 3.05) is 33.8 Å². The van der Waals surface area contributed by atoms with Crippen LogP contribution in [-0.2, 0) is 45.7 Å². The smallest absolute Gasteiger partial charge is 0.245 e. The first-order chi connectivity index (χ1) is 29.2. The molecule has 4 amide bonds. The Morgan fingerprint density at radius 3 is 2.41 bits per heavy atom. The molecule has 324 valence electrons. The van der Waals surface area contributed by atoms with Gasteiger partial charge < -0.3 is 39.7 Å². The lowest BCUT2D eigenvalue weighted by Gasteiger charge is -2.45. The molecule has 1 aromatic heterocycles. The third kappa shape index (κ3) is 11.2. The quantitative estimate of drug-likeness (QED) is 0.144. The zero-order chi connectivity index (χ0) is 43.8. The zero-order valence-electron chi connectivity index (χ0n) is 35.4. The predicted molar refractivity (Wildman–Crippen MR) is 236 cm³/mol. The van der Waals surface area contributed by atoms with Crippen LogP contribution in [0.1, 0.15) is 56.5 Å². The highest BCUT2D eigenvalue weighted by Crippen LogP contribution is 2.33. The highest BCUT2D eigenvalue weighted by atomic mass is 35.5. The van der Waals surface area contributed by atoms with E-state index in [4.69, 9.17) is 27.9 Å². The van der Waals surface area contributed by atoms with Crippen molar-refractivity contribution >= 4 is 46.8 Å². The Morgan fingerprint density at radius 2 is 1.72 bits per heavy atom. The summed E-state index contributed by atoms with van der Waals surface area (Å²) < 4.78 is 8.45. The van der Waals surface area contributed by atoms with E-state index in [-0.39, 0.29) is 25.4 Å². The molecule has 1 unspecified atom stereocenters. The normalized spacial score (nSPS) is 21.8. The van der Waals surface area contributed by atoms with Crippen LogP contribution in [0.15, 0.2) is 85.1 Å². The SMILES string of the molecule is C/C=C/CC1CC(=O)N(Cc2ccc(Cl)cc2Oc2ccc(-c3cnc(CN(C)C)n3C)cc2)[C@@H](C)C(=O)N[C@@H](CO)C(=O)N[C@@]2(Cc3ccc(Cl)cc3)CCCN(C2)C1=O. The lowest BCUT2D eigenvalue weighted by molar-refractivity contribution is -0.147. The fourth-order valence-corrected chi connectivity index (χ4v) is 8.37. The van der Waals surface area contributed by atoms with Crippen molar-refractivity contribution in [2.45, 2.75) is 76.7 Å². The van der Waals surface area contributed by atoms with Gasteiger partial charge in [0.1, 0.15) is 29.4 Å². The summed E-state index contributed by atoms with van der Waals surface area (Å²) in [5, 5.41) is 17.3. The number of fused-ring (bicyclic) bond motifs is 2. The Labute approximate surface area is 367 Å². The van der Waals surface area contributed by atoms with Gasteiger partial charge >= 0.3 is 0 Å². The molecule has 3 heterocycles. The molecule has 6 rings (SSSR count). The van der Waals surface area contributed by atoms with Crippen molar-refractivity contribution in [1.29, 1.82) is 0 Å². The van der Waals surface area contributed by atoms with E-state index in [0.717, 1.165) is 22.6 Å². The second-order valence-corrected chi connectivity index (χ2v) is 17.2. The maximum atomic E-state index is 14.6. The number of aromatic nitrogens is 2. The summed E-state index contributed by atoms with van der Waals surface area (Å²) in [4.78, 5) is 67.0. The minimum atomic E-state index is -1.33. The average Bonchev–Trinajstić information content (AvgIpc) is 3.59. The van der Waals surface area contributed by atoms with Crippen LogP contribution in [-0.4, -0.2) is 104 Å². The number of halogens is 2. The Kier molecular flexibility index (Phi) is 14.9. The van der Waals surface area contributed by atoms with E-state index in [2.05, 4.69) is 25.1 Å².